The summed E-state index contributed by atoms with van der Waals surface area (Å²) in [5.74, 6) is 1.80. The number of rotatable bonds is 6. The summed E-state index contributed by atoms with van der Waals surface area (Å²) in [4.78, 5) is 0. The van der Waals surface area contributed by atoms with Gasteiger partial charge < -0.3 is 15.0 Å². The molecule has 0 aliphatic rings. The maximum Gasteiger partial charge on any atom is 0.150 e. The van der Waals surface area contributed by atoms with Gasteiger partial charge in [0.25, 0.3) is 0 Å². The molecule has 0 radical (unpaired) electrons. The Bertz CT molecular complexity index is 322. The molecule has 0 saturated heterocycles. The van der Waals surface area contributed by atoms with E-state index in [0.29, 0.717) is 6.04 Å². The summed E-state index contributed by atoms with van der Waals surface area (Å²) < 4.78 is 7.11. The highest BCUT2D eigenvalue weighted by molar-refractivity contribution is 5.01. The maximum atomic E-state index is 6.11. The van der Waals surface area contributed by atoms with Crippen LogP contribution in [0.2, 0.25) is 0 Å². The SMILES string of the molecule is COCCCC(N)c1nnc(C)n1C(C)C. The number of ether oxygens (including phenoxy) is 1. The number of aromatic nitrogens is 3. The molecule has 0 amide bonds. The summed E-state index contributed by atoms with van der Waals surface area (Å²) in [6, 6.07) is 0.289. The molecule has 1 rings (SSSR count). The monoisotopic (exact) mass is 226 g/mol. The Morgan fingerprint density at radius 2 is 2.06 bits per heavy atom. The lowest BCUT2D eigenvalue weighted by atomic mass is 10.1. The number of aryl methyl sites for hydroxylation is 1. The molecule has 1 aromatic heterocycles. The Morgan fingerprint density at radius 1 is 1.38 bits per heavy atom. The van der Waals surface area contributed by atoms with Gasteiger partial charge in [0.2, 0.25) is 0 Å². The summed E-state index contributed by atoms with van der Waals surface area (Å²) in [5.41, 5.74) is 6.11. The molecule has 0 aliphatic heterocycles. The van der Waals surface area contributed by atoms with Crippen molar-refractivity contribution >= 4 is 0 Å². The molecule has 1 heterocycles. The number of nitrogens with two attached hydrogens (primary N) is 1. The van der Waals surface area contributed by atoms with Crippen molar-refractivity contribution in [1.29, 1.82) is 0 Å². The Hall–Kier alpha value is -0.940. The van der Waals surface area contributed by atoms with E-state index in [2.05, 4.69) is 28.6 Å². The van der Waals surface area contributed by atoms with Crippen LogP contribution < -0.4 is 5.73 Å². The van der Waals surface area contributed by atoms with Gasteiger partial charge in [-0.15, -0.1) is 10.2 Å². The molecule has 1 atom stereocenters. The number of hydrogen-bond acceptors (Lipinski definition) is 4. The Balaban J connectivity index is 2.71. The van der Waals surface area contributed by atoms with Crippen LogP contribution in [0.1, 0.15) is 50.4 Å². The Morgan fingerprint density at radius 3 is 2.62 bits per heavy atom. The molecule has 1 aromatic rings. The number of methoxy groups -OCH3 is 1. The summed E-state index contributed by atoms with van der Waals surface area (Å²) in [6.45, 7) is 6.92. The van der Waals surface area contributed by atoms with Gasteiger partial charge >= 0.3 is 0 Å². The first-order chi connectivity index (χ1) is 7.57. The van der Waals surface area contributed by atoms with Gasteiger partial charge in [0.05, 0.1) is 6.04 Å². The zero-order chi connectivity index (χ0) is 12.1. The highest BCUT2D eigenvalue weighted by Crippen LogP contribution is 2.19. The van der Waals surface area contributed by atoms with Crippen LogP contribution in [0, 0.1) is 6.92 Å². The second-order valence-corrected chi connectivity index (χ2v) is 4.31. The average molecular weight is 226 g/mol. The minimum absolute atomic E-state index is 0.0567. The topological polar surface area (TPSA) is 66.0 Å². The average Bonchev–Trinajstić information content (AvgIpc) is 2.60. The van der Waals surface area contributed by atoms with E-state index in [-0.39, 0.29) is 6.04 Å². The summed E-state index contributed by atoms with van der Waals surface area (Å²) in [6.07, 6.45) is 1.82. The summed E-state index contributed by atoms with van der Waals surface area (Å²) >= 11 is 0. The van der Waals surface area contributed by atoms with Crippen molar-refractivity contribution in [2.75, 3.05) is 13.7 Å². The quantitative estimate of drug-likeness (QED) is 0.748. The Kier molecular flexibility index (Phi) is 4.89. The first-order valence-electron chi connectivity index (χ1n) is 5.73. The molecule has 5 nitrogen and oxygen atoms in total. The molecule has 0 spiro atoms. The molecule has 1 unspecified atom stereocenters. The molecule has 0 saturated carbocycles. The minimum atomic E-state index is -0.0567. The van der Waals surface area contributed by atoms with Gasteiger partial charge in [-0.1, -0.05) is 0 Å². The van der Waals surface area contributed by atoms with Gasteiger partial charge in [-0.2, -0.15) is 0 Å². The molecular weight excluding hydrogens is 204 g/mol. The third-order valence-corrected chi connectivity index (χ3v) is 2.60. The van der Waals surface area contributed by atoms with Gasteiger partial charge in [-0.25, -0.2) is 0 Å². The van der Waals surface area contributed by atoms with Crippen molar-refractivity contribution in [1.82, 2.24) is 14.8 Å². The lowest BCUT2D eigenvalue weighted by molar-refractivity contribution is 0.190. The van der Waals surface area contributed by atoms with Crippen LogP contribution in [0.4, 0.5) is 0 Å². The van der Waals surface area contributed by atoms with Crippen LogP contribution in [-0.2, 0) is 4.74 Å². The second-order valence-electron chi connectivity index (χ2n) is 4.31. The smallest absolute Gasteiger partial charge is 0.150 e. The lowest BCUT2D eigenvalue weighted by Gasteiger charge is -2.16. The third kappa shape index (κ3) is 3.02. The molecule has 5 heteroatoms. The van der Waals surface area contributed by atoms with Crippen LogP contribution >= 0.6 is 0 Å². The van der Waals surface area contributed by atoms with Crippen LogP contribution in [0.25, 0.3) is 0 Å². The molecule has 16 heavy (non-hydrogen) atoms. The van der Waals surface area contributed by atoms with E-state index in [9.17, 15) is 0 Å². The highest BCUT2D eigenvalue weighted by atomic mass is 16.5. The zero-order valence-corrected chi connectivity index (χ0v) is 10.6. The van der Waals surface area contributed by atoms with E-state index in [1.807, 2.05) is 6.92 Å². The summed E-state index contributed by atoms with van der Waals surface area (Å²) in [5, 5.41) is 8.25. The van der Waals surface area contributed by atoms with Crippen molar-refractivity contribution in [2.24, 2.45) is 5.73 Å². The van der Waals surface area contributed by atoms with Gasteiger partial charge in [-0.05, 0) is 33.6 Å². The molecule has 0 aliphatic carbocycles. The first-order valence-corrected chi connectivity index (χ1v) is 5.73. The third-order valence-electron chi connectivity index (χ3n) is 2.60. The van der Waals surface area contributed by atoms with E-state index >= 15 is 0 Å². The predicted molar refractivity (Wildman–Crippen MR) is 63.2 cm³/mol. The fraction of sp³-hybridized carbons (Fsp3) is 0.818. The molecule has 92 valence electrons. The highest BCUT2D eigenvalue weighted by Gasteiger charge is 2.17. The van der Waals surface area contributed by atoms with Gasteiger partial charge in [-0.3, -0.25) is 0 Å². The fourth-order valence-corrected chi connectivity index (χ4v) is 1.85. The van der Waals surface area contributed by atoms with Crippen molar-refractivity contribution in [2.45, 2.75) is 45.7 Å². The normalized spacial score (nSPS) is 13.4. The van der Waals surface area contributed by atoms with Crippen molar-refractivity contribution in [3.05, 3.63) is 11.6 Å². The minimum Gasteiger partial charge on any atom is -0.385 e. The Labute approximate surface area is 97.0 Å². The van der Waals surface area contributed by atoms with E-state index < -0.39 is 0 Å². The van der Waals surface area contributed by atoms with E-state index in [1.165, 1.54) is 0 Å². The largest absolute Gasteiger partial charge is 0.385 e. The standard InChI is InChI=1S/C11H22N4O/c1-8(2)15-9(3)13-14-11(15)10(12)6-5-7-16-4/h8,10H,5-7,12H2,1-4H3. The van der Waals surface area contributed by atoms with Crippen LogP contribution in [0.3, 0.4) is 0 Å². The predicted octanol–water partition coefficient (Wildman–Crippen LogP) is 1.59. The number of nitrogens with zero attached hydrogens (tertiary/aromatic N) is 3. The van der Waals surface area contributed by atoms with Crippen LogP contribution in [0.5, 0.6) is 0 Å². The van der Waals surface area contributed by atoms with Crippen molar-refractivity contribution in [3.63, 3.8) is 0 Å². The van der Waals surface area contributed by atoms with Crippen LogP contribution in [0.15, 0.2) is 0 Å². The maximum absolute atomic E-state index is 6.11. The number of hydrogen-bond donors (Lipinski definition) is 1. The molecule has 0 bridgehead atoms. The van der Waals surface area contributed by atoms with E-state index in [0.717, 1.165) is 31.1 Å². The van der Waals surface area contributed by atoms with Gasteiger partial charge in [0.1, 0.15) is 11.6 Å². The van der Waals surface area contributed by atoms with Crippen molar-refractivity contribution < 1.29 is 4.74 Å². The fourth-order valence-electron chi connectivity index (χ4n) is 1.85. The van der Waals surface area contributed by atoms with Crippen molar-refractivity contribution in [3.8, 4) is 0 Å². The molecule has 2 N–H and O–H groups in total. The first kappa shape index (κ1) is 13.1. The van der Waals surface area contributed by atoms with Crippen LogP contribution in [-0.4, -0.2) is 28.5 Å². The lowest BCUT2D eigenvalue weighted by Crippen LogP contribution is -2.19. The van der Waals surface area contributed by atoms with E-state index in [4.69, 9.17) is 10.5 Å². The molecule has 0 fully saturated rings. The second kappa shape index (κ2) is 5.96. The zero-order valence-electron chi connectivity index (χ0n) is 10.6. The molecular formula is C11H22N4O. The van der Waals surface area contributed by atoms with Gasteiger partial charge in [0.15, 0.2) is 0 Å². The van der Waals surface area contributed by atoms with Gasteiger partial charge in [0, 0.05) is 19.8 Å². The summed E-state index contributed by atoms with van der Waals surface area (Å²) in [7, 11) is 1.70. The van der Waals surface area contributed by atoms with E-state index in [1.54, 1.807) is 7.11 Å². The molecule has 0 aromatic carbocycles.